The monoisotopic (exact) mass is 285 g/mol. The largest absolute Gasteiger partial charge is 0.328 e. The third kappa shape index (κ3) is 3.46. The van der Waals surface area contributed by atoms with E-state index < -0.39 is 0 Å². The summed E-state index contributed by atoms with van der Waals surface area (Å²) >= 11 is 0. The van der Waals surface area contributed by atoms with Crippen molar-refractivity contribution in [3.63, 3.8) is 0 Å². The number of nitrogens with two attached hydrogens (primary N) is 1. The minimum Gasteiger partial charge on any atom is -0.328 e. The van der Waals surface area contributed by atoms with Crippen LogP contribution in [-0.4, -0.2) is 27.1 Å². The number of pyridine rings is 1. The summed E-state index contributed by atoms with van der Waals surface area (Å²) in [6.45, 7) is 0. The van der Waals surface area contributed by atoms with E-state index in [0.717, 1.165) is 24.1 Å². The topological polar surface area (TPSA) is 96.7 Å². The van der Waals surface area contributed by atoms with Gasteiger partial charge in [-0.3, -0.25) is 14.9 Å². The van der Waals surface area contributed by atoms with Crippen LogP contribution in [0.2, 0.25) is 0 Å². The first-order valence-corrected chi connectivity index (χ1v) is 7.20. The molecule has 0 aromatic carbocycles. The van der Waals surface area contributed by atoms with E-state index >= 15 is 0 Å². The van der Waals surface area contributed by atoms with Gasteiger partial charge in [0.1, 0.15) is 5.82 Å². The third-order valence-corrected chi connectivity index (χ3v) is 3.83. The second kappa shape index (κ2) is 6.05. The van der Waals surface area contributed by atoms with Gasteiger partial charge in [-0.25, -0.2) is 0 Å². The number of aryl methyl sites for hydroxylation is 1. The van der Waals surface area contributed by atoms with Gasteiger partial charge in [0, 0.05) is 36.8 Å². The van der Waals surface area contributed by atoms with Crippen molar-refractivity contribution >= 4 is 11.7 Å². The van der Waals surface area contributed by atoms with Crippen molar-refractivity contribution in [2.24, 2.45) is 5.73 Å². The zero-order chi connectivity index (χ0) is 14.7. The third-order valence-electron chi connectivity index (χ3n) is 3.83. The van der Waals surface area contributed by atoms with Crippen LogP contribution in [0.15, 0.2) is 30.6 Å². The molecule has 4 N–H and O–H groups in total. The molecule has 1 amide bonds. The zero-order valence-electron chi connectivity index (χ0n) is 11.7. The van der Waals surface area contributed by atoms with Crippen LogP contribution in [0.5, 0.6) is 0 Å². The summed E-state index contributed by atoms with van der Waals surface area (Å²) in [5, 5.41) is 9.94. The van der Waals surface area contributed by atoms with Gasteiger partial charge in [0.25, 0.3) is 0 Å². The molecule has 6 heteroatoms. The number of amides is 1. The van der Waals surface area contributed by atoms with E-state index in [-0.39, 0.29) is 5.91 Å². The second-order valence-corrected chi connectivity index (χ2v) is 5.54. The molecule has 0 spiro atoms. The number of rotatable bonds is 5. The number of hydrogen-bond acceptors (Lipinski definition) is 4. The Bertz CT molecular complexity index is 604. The molecule has 1 fully saturated rings. The molecule has 6 nitrogen and oxygen atoms in total. The highest BCUT2D eigenvalue weighted by atomic mass is 16.1. The van der Waals surface area contributed by atoms with Gasteiger partial charge in [-0.15, -0.1) is 0 Å². The number of H-pyrrole nitrogens is 1. The van der Waals surface area contributed by atoms with Crippen molar-refractivity contribution in [2.45, 2.75) is 37.6 Å². The summed E-state index contributed by atoms with van der Waals surface area (Å²) in [7, 11) is 0. The summed E-state index contributed by atoms with van der Waals surface area (Å²) < 4.78 is 0. The molecule has 2 aromatic rings. The molecule has 2 heterocycles. The van der Waals surface area contributed by atoms with E-state index in [2.05, 4.69) is 20.5 Å². The van der Waals surface area contributed by atoms with Gasteiger partial charge in [0.2, 0.25) is 5.91 Å². The molecule has 2 aromatic heterocycles. The molecule has 1 aliphatic rings. The van der Waals surface area contributed by atoms with Gasteiger partial charge >= 0.3 is 0 Å². The predicted octanol–water partition coefficient (Wildman–Crippen LogP) is 1.58. The lowest BCUT2D eigenvalue weighted by Crippen LogP contribution is -2.34. The Morgan fingerprint density at radius 1 is 1.48 bits per heavy atom. The fourth-order valence-corrected chi connectivity index (χ4v) is 2.53. The lowest BCUT2D eigenvalue weighted by molar-refractivity contribution is -0.116. The number of nitrogens with zero attached hydrogens (tertiary/aromatic N) is 2. The van der Waals surface area contributed by atoms with Crippen LogP contribution in [-0.2, 0) is 11.2 Å². The maximum atomic E-state index is 11.9. The Kier molecular flexibility index (Phi) is 3.96. The molecule has 0 aliphatic heterocycles. The van der Waals surface area contributed by atoms with Crippen LogP contribution in [0.25, 0.3) is 0 Å². The molecule has 21 heavy (non-hydrogen) atoms. The Morgan fingerprint density at radius 3 is 3.05 bits per heavy atom. The van der Waals surface area contributed by atoms with Crippen molar-refractivity contribution in [1.29, 1.82) is 0 Å². The second-order valence-electron chi connectivity index (χ2n) is 5.54. The molecule has 0 unspecified atom stereocenters. The number of aromatic amines is 1. The van der Waals surface area contributed by atoms with E-state index in [1.54, 1.807) is 12.4 Å². The van der Waals surface area contributed by atoms with Crippen LogP contribution < -0.4 is 11.1 Å². The molecule has 1 saturated carbocycles. The molecular weight excluding hydrogens is 266 g/mol. The smallest absolute Gasteiger partial charge is 0.225 e. The highest BCUT2D eigenvalue weighted by Gasteiger charge is 2.29. The van der Waals surface area contributed by atoms with Crippen molar-refractivity contribution in [1.82, 2.24) is 15.2 Å². The first kappa shape index (κ1) is 13.8. The Labute approximate surface area is 123 Å². The van der Waals surface area contributed by atoms with Crippen LogP contribution >= 0.6 is 0 Å². The summed E-state index contributed by atoms with van der Waals surface area (Å²) in [5.41, 5.74) is 7.82. The van der Waals surface area contributed by atoms with Crippen LogP contribution in [0.3, 0.4) is 0 Å². The Balaban J connectivity index is 1.48. The minimum absolute atomic E-state index is 0.0284. The quantitative estimate of drug-likeness (QED) is 0.777. The first-order chi connectivity index (χ1) is 10.2. The lowest BCUT2D eigenvalue weighted by atomic mass is 9.79. The summed E-state index contributed by atoms with van der Waals surface area (Å²) in [4.78, 5) is 15.9. The summed E-state index contributed by atoms with van der Waals surface area (Å²) in [6.07, 6.45) is 6.55. The highest BCUT2D eigenvalue weighted by Crippen LogP contribution is 2.35. The standard InChI is InChI=1S/C15H19N5O/c16-12-6-11(7-12)13-8-14(20-19-13)18-15(21)4-3-10-2-1-5-17-9-10/h1-2,5,8-9,11-12H,3-4,6-7,16H2,(H2,18,19,20,21)/t11-,12+. The van der Waals surface area contributed by atoms with Crippen molar-refractivity contribution in [2.75, 3.05) is 5.32 Å². The van der Waals surface area contributed by atoms with Gasteiger partial charge in [0.15, 0.2) is 0 Å². The maximum Gasteiger partial charge on any atom is 0.225 e. The van der Waals surface area contributed by atoms with E-state index in [4.69, 9.17) is 5.73 Å². The number of nitrogens with one attached hydrogen (secondary N) is 2. The highest BCUT2D eigenvalue weighted by molar-refractivity contribution is 5.89. The average molecular weight is 285 g/mol. The van der Waals surface area contributed by atoms with Crippen LogP contribution in [0.1, 0.15) is 36.4 Å². The van der Waals surface area contributed by atoms with E-state index in [0.29, 0.717) is 30.6 Å². The van der Waals surface area contributed by atoms with Crippen LogP contribution in [0.4, 0.5) is 5.82 Å². The van der Waals surface area contributed by atoms with Gasteiger partial charge in [-0.2, -0.15) is 5.10 Å². The average Bonchev–Trinajstić information content (AvgIpc) is 2.91. The molecule has 0 saturated heterocycles. The van der Waals surface area contributed by atoms with Gasteiger partial charge < -0.3 is 11.1 Å². The normalized spacial score (nSPS) is 20.8. The van der Waals surface area contributed by atoms with Gasteiger partial charge in [-0.1, -0.05) is 6.07 Å². The van der Waals surface area contributed by atoms with E-state index in [1.807, 2.05) is 18.2 Å². The summed E-state index contributed by atoms with van der Waals surface area (Å²) in [6, 6.07) is 6.04. The number of carbonyl (C=O) groups is 1. The first-order valence-electron chi connectivity index (χ1n) is 7.20. The van der Waals surface area contributed by atoms with Crippen LogP contribution in [0, 0.1) is 0 Å². The number of carbonyl (C=O) groups excluding carboxylic acids is 1. The molecule has 1 aliphatic carbocycles. The van der Waals surface area contributed by atoms with E-state index in [9.17, 15) is 4.79 Å². The zero-order valence-corrected chi connectivity index (χ0v) is 11.7. The molecule has 0 bridgehead atoms. The fraction of sp³-hybridized carbons (Fsp3) is 0.400. The predicted molar refractivity (Wildman–Crippen MR) is 79.7 cm³/mol. The molecule has 3 rings (SSSR count). The molecule has 110 valence electrons. The Morgan fingerprint density at radius 2 is 2.33 bits per heavy atom. The van der Waals surface area contributed by atoms with Gasteiger partial charge in [-0.05, 0) is 30.9 Å². The van der Waals surface area contributed by atoms with Crippen molar-refractivity contribution in [3.8, 4) is 0 Å². The number of hydrogen-bond donors (Lipinski definition) is 3. The number of aromatic nitrogens is 3. The SMILES string of the molecule is N[C@H]1C[C@@H](c2cc(NC(=O)CCc3cccnc3)[nH]n2)C1. The van der Waals surface area contributed by atoms with Crippen molar-refractivity contribution < 1.29 is 4.79 Å². The van der Waals surface area contributed by atoms with E-state index in [1.165, 1.54) is 0 Å². The molecule has 0 radical (unpaired) electrons. The molecular formula is C15H19N5O. The lowest BCUT2D eigenvalue weighted by Gasteiger charge is -2.30. The van der Waals surface area contributed by atoms with Gasteiger partial charge in [0.05, 0.1) is 5.69 Å². The minimum atomic E-state index is -0.0284. The maximum absolute atomic E-state index is 11.9. The fourth-order valence-electron chi connectivity index (χ4n) is 2.53. The van der Waals surface area contributed by atoms with Crippen molar-refractivity contribution in [3.05, 3.63) is 41.9 Å². The summed E-state index contributed by atoms with van der Waals surface area (Å²) in [5.74, 6) is 1.05. The molecule has 0 atom stereocenters. The number of anilines is 1. The Hall–Kier alpha value is -2.21.